The van der Waals surface area contributed by atoms with Gasteiger partial charge in [0.15, 0.2) is 5.13 Å². The molecule has 0 spiro atoms. The Labute approximate surface area is 108 Å². The van der Waals surface area contributed by atoms with Gasteiger partial charge in [0.2, 0.25) is 0 Å². The monoisotopic (exact) mass is 220 g/mol. The van der Waals surface area contributed by atoms with E-state index in [9.17, 15) is 9.90 Å². The van der Waals surface area contributed by atoms with Crippen LogP contribution in [0, 0.1) is 0 Å². The quantitative estimate of drug-likeness (QED) is 0.502. The average Bonchev–Trinajstić information content (AvgIpc) is 2.75. The number of carbonyl (C=O) groups is 1. The predicted octanol–water partition coefficient (Wildman–Crippen LogP) is -2.89. The summed E-state index contributed by atoms with van der Waals surface area (Å²) in [7, 11) is 0. The number of carboxylic acid groups (broad SMARTS) is 1. The minimum absolute atomic E-state index is 0. The number of carbonyl (C=O) groups excluding carboxylic acids is 1. The summed E-state index contributed by atoms with van der Waals surface area (Å²) in [6.07, 6.45) is 2.33. The Hall–Kier alpha value is -0.100. The van der Waals surface area contributed by atoms with Gasteiger partial charge in [0.05, 0.1) is 11.7 Å². The molecule has 0 radical (unpaired) electrons. The van der Waals surface area contributed by atoms with Crippen molar-refractivity contribution in [2.24, 2.45) is 0 Å². The Morgan fingerprint density at radius 3 is 2.64 bits per heavy atom. The van der Waals surface area contributed by atoms with Crippen LogP contribution in [0.2, 0.25) is 0 Å². The van der Waals surface area contributed by atoms with E-state index in [4.69, 9.17) is 0 Å². The van der Waals surface area contributed by atoms with Crippen LogP contribution in [0.25, 0.3) is 0 Å². The molecule has 1 aliphatic heterocycles. The molecule has 1 aromatic heterocycles. The molecule has 0 bridgehead atoms. The van der Waals surface area contributed by atoms with Crippen molar-refractivity contribution in [1.82, 2.24) is 4.98 Å². The molecule has 0 aliphatic carbocycles. The van der Waals surface area contributed by atoms with Crippen molar-refractivity contribution in [3.05, 3.63) is 11.1 Å². The molecule has 2 heterocycles. The molecule has 2 rings (SSSR count). The van der Waals surface area contributed by atoms with Crippen LogP contribution in [0.5, 0.6) is 0 Å². The van der Waals surface area contributed by atoms with Gasteiger partial charge in [-0.1, -0.05) is 0 Å². The molecule has 1 saturated heterocycles. The zero-order valence-corrected chi connectivity index (χ0v) is 10.8. The van der Waals surface area contributed by atoms with Crippen LogP contribution in [-0.2, 0) is 0 Å². The first kappa shape index (κ1) is 12.0. The van der Waals surface area contributed by atoms with Crippen LogP contribution >= 0.6 is 11.3 Å². The molecule has 1 aromatic rings. The molecule has 14 heavy (non-hydrogen) atoms. The molecule has 4 nitrogen and oxygen atoms in total. The van der Waals surface area contributed by atoms with Crippen molar-refractivity contribution in [2.75, 3.05) is 18.0 Å². The number of aromatic carboxylic acids is 1. The molecule has 1 fully saturated rings. The Morgan fingerprint density at radius 2 is 2.14 bits per heavy atom. The SMILES string of the molecule is O=C([O-])c1csc(N2CCCC2)n1.[Na+]. The first-order valence-corrected chi connectivity index (χ1v) is 5.07. The van der Waals surface area contributed by atoms with Crippen molar-refractivity contribution in [1.29, 1.82) is 0 Å². The topological polar surface area (TPSA) is 56.3 Å². The summed E-state index contributed by atoms with van der Waals surface area (Å²) in [5.74, 6) is -1.19. The van der Waals surface area contributed by atoms with E-state index >= 15 is 0 Å². The van der Waals surface area contributed by atoms with Gasteiger partial charge in [-0.25, -0.2) is 4.98 Å². The van der Waals surface area contributed by atoms with Gasteiger partial charge in [-0.2, -0.15) is 0 Å². The molecule has 0 amide bonds. The average molecular weight is 220 g/mol. The number of nitrogens with zero attached hydrogens (tertiary/aromatic N) is 2. The number of thiazole rings is 1. The van der Waals surface area contributed by atoms with Gasteiger partial charge >= 0.3 is 29.6 Å². The van der Waals surface area contributed by atoms with Gasteiger partial charge in [0, 0.05) is 18.5 Å². The number of anilines is 1. The van der Waals surface area contributed by atoms with Crippen molar-refractivity contribution < 1.29 is 39.5 Å². The van der Waals surface area contributed by atoms with Crippen LogP contribution in [0.4, 0.5) is 5.13 Å². The maximum atomic E-state index is 10.4. The molecule has 0 N–H and O–H groups in total. The Morgan fingerprint density at radius 1 is 1.50 bits per heavy atom. The third kappa shape index (κ3) is 2.48. The van der Waals surface area contributed by atoms with Gasteiger partial charge in [-0.15, -0.1) is 11.3 Å². The van der Waals surface area contributed by atoms with Gasteiger partial charge in [-0.3, -0.25) is 0 Å². The summed E-state index contributed by atoms with van der Waals surface area (Å²) < 4.78 is 0. The van der Waals surface area contributed by atoms with Gasteiger partial charge < -0.3 is 14.8 Å². The largest absolute Gasteiger partial charge is 1.00 e. The van der Waals surface area contributed by atoms with E-state index in [0.29, 0.717) is 0 Å². The van der Waals surface area contributed by atoms with E-state index in [2.05, 4.69) is 9.88 Å². The van der Waals surface area contributed by atoms with Crippen molar-refractivity contribution in [2.45, 2.75) is 12.8 Å². The van der Waals surface area contributed by atoms with E-state index in [1.54, 1.807) is 0 Å². The number of carboxylic acids is 1. The minimum Gasteiger partial charge on any atom is -0.543 e. The summed E-state index contributed by atoms with van der Waals surface area (Å²) in [5.41, 5.74) is 0.0481. The zero-order chi connectivity index (χ0) is 9.26. The summed E-state index contributed by atoms with van der Waals surface area (Å²) in [6.45, 7) is 1.97. The summed E-state index contributed by atoms with van der Waals surface area (Å²) in [5, 5.41) is 12.8. The van der Waals surface area contributed by atoms with Crippen LogP contribution in [-0.4, -0.2) is 24.0 Å². The standard InChI is InChI=1S/C8H10N2O2S.Na/c11-7(12)6-5-13-8(9-6)10-3-1-2-4-10;/h5H,1-4H2,(H,11,12);/q;+1/p-1. The van der Waals surface area contributed by atoms with E-state index in [1.165, 1.54) is 29.6 Å². The minimum atomic E-state index is -1.19. The normalized spacial score (nSPS) is 15.3. The number of rotatable bonds is 2. The fraction of sp³-hybridized carbons (Fsp3) is 0.500. The number of hydrogen-bond donors (Lipinski definition) is 0. The first-order chi connectivity index (χ1) is 6.27. The molecule has 70 valence electrons. The van der Waals surface area contributed by atoms with Crippen molar-refractivity contribution >= 4 is 22.4 Å². The van der Waals surface area contributed by atoms with Gasteiger partial charge in [0.25, 0.3) is 0 Å². The third-order valence-electron chi connectivity index (χ3n) is 2.08. The molecule has 0 aromatic carbocycles. The van der Waals surface area contributed by atoms with Crippen LogP contribution in [0.3, 0.4) is 0 Å². The fourth-order valence-electron chi connectivity index (χ4n) is 1.41. The maximum absolute atomic E-state index is 10.4. The van der Waals surface area contributed by atoms with Crippen LogP contribution < -0.4 is 39.6 Å². The number of hydrogen-bond acceptors (Lipinski definition) is 5. The number of aromatic nitrogens is 1. The van der Waals surface area contributed by atoms with Gasteiger partial charge in [-0.05, 0) is 12.8 Å². The maximum Gasteiger partial charge on any atom is 1.00 e. The zero-order valence-electron chi connectivity index (χ0n) is 8.02. The Bertz CT molecular complexity index is 323. The molecular formula is C8H9N2NaO2S. The van der Waals surface area contributed by atoms with Crippen molar-refractivity contribution in [3.8, 4) is 0 Å². The third-order valence-corrected chi connectivity index (χ3v) is 2.98. The second kappa shape index (κ2) is 5.11. The molecule has 0 unspecified atom stereocenters. The molecular weight excluding hydrogens is 211 g/mol. The summed E-state index contributed by atoms with van der Waals surface area (Å²) in [6, 6.07) is 0. The fourth-order valence-corrected chi connectivity index (χ4v) is 2.26. The van der Waals surface area contributed by atoms with Gasteiger partial charge in [0.1, 0.15) is 0 Å². The second-order valence-corrected chi connectivity index (χ2v) is 3.83. The Balaban J connectivity index is 0.000000980. The predicted molar refractivity (Wildman–Crippen MR) is 47.9 cm³/mol. The first-order valence-electron chi connectivity index (χ1n) is 4.19. The van der Waals surface area contributed by atoms with Crippen LogP contribution in [0.15, 0.2) is 5.38 Å². The van der Waals surface area contributed by atoms with E-state index in [1.807, 2.05) is 0 Å². The summed E-state index contributed by atoms with van der Waals surface area (Å²) >= 11 is 1.37. The second-order valence-electron chi connectivity index (χ2n) is 3.00. The molecule has 1 aliphatic rings. The van der Waals surface area contributed by atoms with E-state index in [-0.39, 0.29) is 35.3 Å². The van der Waals surface area contributed by atoms with E-state index in [0.717, 1.165) is 18.2 Å². The smallest absolute Gasteiger partial charge is 0.543 e. The molecule has 6 heteroatoms. The van der Waals surface area contributed by atoms with Crippen LogP contribution in [0.1, 0.15) is 23.3 Å². The molecule has 0 atom stereocenters. The Kier molecular flexibility index (Phi) is 4.37. The van der Waals surface area contributed by atoms with Crippen molar-refractivity contribution in [3.63, 3.8) is 0 Å². The molecule has 0 saturated carbocycles. The van der Waals surface area contributed by atoms with E-state index < -0.39 is 5.97 Å². The summed E-state index contributed by atoms with van der Waals surface area (Å²) in [4.78, 5) is 16.5.